The quantitative estimate of drug-likeness (QED) is 0.866. The number of nitrogens with zero attached hydrogens (tertiary/aromatic N) is 2. The zero-order chi connectivity index (χ0) is 11.5. The summed E-state index contributed by atoms with van der Waals surface area (Å²) in [7, 11) is 1.93. The number of halogens is 1. The number of hydrogen-bond donors (Lipinski definition) is 0. The lowest BCUT2D eigenvalue weighted by molar-refractivity contribution is 0.104. The van der Waals surface area contributed by atoms with Crippen LogP contribution in [-0.4, -0.2) is 9.78 Å². The van der Waals surface area contributed by atoms with Crippen LogP contribution in [0.1, 0.15) is 16.3 Å². The molecule has 0 atom stereocenters. The molecule has 0 radical (unpaired) electrons. The molecule has 0 amide bonds. The van der Waals surface area contributed by atoms with Gasteiger partial charge in [-0.05, 0) is 34.3 Å². The first-order valence-electron chi connectivity index (χ1n) is 4.96. The van der Waals surface area contributed by atoms with Crippen molar-refractivity contribution in [2.24, 2.45) is 7.05 Å². The van der Waals surface area contributed by atoms with Gasteiger partial charge in [0.05, 0.1) is 29.1 Å². The molecule has 2 rings (SSSR count). The van der Waals surface area contributed by atoms with E-state index in [0.29, 0.717) is 13.2 Å². The summed E-state index contributed by atoms with van der Waals surface area (Å²) in [5.74, 6) is 0. The van der Waals surface area contributed by atoms with Crippen LogP contribution in [0.3, 0.4) is 0 Å². The Bertz CT molecular complexity index is 465. The van der Waals surface area contributed by atoms with Gasteiger partial charge in [0.25, 0.3) is 0 Å². The first kappa shape index (κ1) is 11.8. The predicted octanol–water partition coefficient (Wildman–Crippen LogP) is 3.27. The van der Waals surface area contributed by atoms with Gasteiger partial charge < -0.3 is 4.74 Å². The van der Waals surface area contributed by atoms with Crippen molar-refractivity contribution in [2.75, 3.05) is 0 Å². The first-order chi connectivity index (χ1) is 7.68. The van der Waals surface area contributed by atoms with E-state index >= 15 is 0 Å². The molecular weight excluding hydrogens is 288 g/mol. The average Bonchev–Trinajstić information content (AvgIpc) is 2.82. The highest BCUT2D eigenvalue weighted by molar-refractivity contribution is 9.10. The molecule has 2 aromatic heterocycles. The molecule has 2 heterocycles. The van der Waals surface area contributed by atoms with Gasteiger partial charge in [-0.1, -0.05) is 6.07 Å². The molecule has 0 spiro atoms. The topological polar surface area (TPSA) is 27.1 Å². The lowest BCUT2D eigenvalue weighted by Gasteiger charge is -2.04. The number of aryl methyl sites for hydroxylation is 2. The normalized spacial score (nSPS) is 10.9. The molecule has 86 valence electrons. The van der Waals surface area contributed by atoms with Crippen LogP contribution < -0.4 is 0 Å². The van der Waals surface area contributed by atoms with Crippen LogP contribution in [0.2, 0.25) is 0 Å². The van der Waals surface area contributed by atoms with Gasteiger partial charge in [0, 0.05) is 11.9 Å². The van der Waals surface area contributed by atoms with Gasteiger partial charge in [0.15, 0.2) is 0 Å². The number of thiophene rings is 1. The zero-order valence-corrected chi connectivity index (χ0v) is 11.6. The summed E-state index contributed by atoms with van der Waals surface area (Å²) in [6, 6.07) is 4.11. The summed E-state index contributed by atoms with van der Waals surface area (Å²) in [4.78, 5) is 1.25. The van der Waals surface area contributed by atoms with Crippen molar-refractivity contribution in [3.05, 3.63) is 38.3 Å². The SMILES string of the molecule is Cc1nn(C)c(COCc2cccs2)c1Br. The monoisotopic (exact) mass is 300 g/mol. The molecule has 0 saturated carbocycles. The third-order valence-corrected chi connectivity index (χ3v) is 4.21. The molecule has 0 aliphatic rings. The van der Waals surface area contributed by atoms with Crippen molar-refractivity contribution in [3.63, 3.8) is 0 Å². The Kier molecular flexibility index (Phi) is 3.78. The minimum absolute atomic E-state index is 0.579. The van der Waals surface area contributed by atoms with Crippen molar-refractivity contribution < 1.29 is 4.74 Å². The van der Waals surface area contributed by atoms with Crippen molar-refractivity contribution in [1.29, 1.82) is 0 Å². The molecule has 0 aliphatic heterocycles. The van der Waals surface area contributed by atoms with E-state index in [4.69, 9.17) is 4.74 Å². The molecule has 0 unspecified atom stereocenters. The Balaban J connectivity index is 1.95. The van der Waals surface area contributed by atoms with Crippen LogP contribution in [-0.2, 0) is 25.0 Å². The van der Waals surface area contributed by atoms with Gasteiger partial charge in [-0.25, -0.2) is 0 Å². The van der Waals surface area contributed by atoms with Crippen LogP contribution in [0, 0.1) is 6.92 Å². The molecule has 0 aromatic carbocycles. The highest BCUT2D eigenvalue weighted by Gasteiger charge is 2.10. The number of aromatic nitrogens is 2. The molecule has 3 nitrogen and oxygen atoms in total. The lowest BCUT2D eigenvalue weighted by atomic mass is 10.4. The molecule has 16 heavy (non-hydrogen) atoms. The standard InChI is InChI=1S/C11H13BrN2OS/c1-8-11(12)10(14(2)13-8)7-15-6-9-4-3-5-16-9/h3-5H,6-7H2,1-2H3. The Hall–Kier alpha value is -0.650. The second-order valence-corrected chi connectivity index (χ2v) is 5.37. The minimum Gasteiger partial charge on any atom is -0.370 e. The largest absolute Gasteiger partial charge is 0.370 e. The van der Waals surface area contributed by atoms with Crippen LogP contribution in [0.4, 0.5) is 0 Å². The summed E-state index contributed by atoms with van der Waals surface area (Å²) in [5.41, 5.74) is 2.08. The first-order valence-corrected chi connectivity index (χ1v) is 6.64. The number of ether oxygens (including phenoxy) is 1. The van der Waals surface area contributed by atoms with Gasteiger partial charge in [0.1, 0.15) is 0 Å². The van der Waals surface area contributed by atoms with E-state index in [2.05, 4.69) is 32.5 Å². The summed E-state index contributed by atoms with van der Waals surface area (Å²) < 4.78 is 8.56. The van der Waals surface area contributed by atoms with Gasteiger partial charge in [-0.3, -0.25) is 4.68 Å². The smallest absolute Gasteiger partial charge is 0.0901 e. The van der Waals surface area contributed by atoms with Crippen molar-refractivity contribution in [1.82, 2.24) is 9.78 Å². The van der Waals surface area contributed by atoms with E-state index in [1.807, 2.05) is 24.7 Å². The van der Waals surface area contributed by atoms with E-state index in [0.717, 1.165) is 15.9 Å². The van der Waals surface area contributed by atoms with Gasteiger partial charge >= 0.3 is 0 Å². The molecule has 0 fully saturated rings. The van der Waals surface area contributed by atoms with Crippen LogP contribution in [0.15, 0.2) is 22.0 Å². The maximum atomic E-state index is 5.66. The van der Waals surface area contributed by atoms with Gasteiger partial charge in [-0.2, -0.15) is 5.10 Å². The Labute approximate surface area is 107 Å². The van der Waals surface area contributed by atoms with Crippen LogP contribution in [0.5, 0.6) is 0 Å². The highest BCUT2D eigenvalue weighted by Crippen LogP contribution is 2.21. The third kappa shape index (κ3) is 2.53. The van der Waals surface area contributed by atoms with E-state index in [1.165, 1.54) is 4.88 Å². The van der Waals surface area contributed by atoms with E-state index in [1.54, 1.807) is 11.3 Å². The van der Waals surface area contributed by atoms with Gasteiger partial charge in [0.2, 0.25) is 0 Å². The summed E-state index contributed by atoms with van der Waals surface area (Å²) in [6.45, 7) is 3.22. The van der Waals surface area contributed by atoms with E-state index in [-0.39, 0.29) is 0 Å². The Morgan fingerprint density at radius 2 is 2.31 bits per heavy atom. The minimum atomic E-state index is 0.579. The predicted molar refractivity (Wildman–Crippen MR) is 68.5 cm³/mol. The molecule has 0 N–H and O–H groups in total. The number of rotatable bonds is 4. The molecule has 5 heteroatoms. The third-order valence-electron chi connectivity index (χ3n) is 2.32. The molecular formula is C11H13BrN2OS. The summed E-state index contributed by atoms with van der Waals surface area (Å²) >= 11 is 5.23. The molecule has 0 saturated heterocycles. The molecule has 0 aliphatic carbocycles. The van der Waals surface area contributed by atoms with Crippen molar-refractivity contribution in [3.8, 4) is 0 Å². The number of hydrogen-bond acceptors (Lipinski definition) is 3. The maximum Gasteiger partial charge on any atom is 0.0901 e. The van der Waals surface area contributed by atoms with Crippen LogP contribution >= 0.6 is 27.3 Å². The second-order valence-electron chi connectivity index (χ2n) is 3.54. The van der Waals surface area contributed by atoms with Crippen molar-refractivity contribution in [2.45, 2.75) is 20.1 Å². The molecule has 0 bridgehead atoms. The fourth-order valence-electron chi connectivity index (χ4n) is 1.48. The zero-order valence-electron chi connectivity index (χ0n) is 9.24. The maximum absolute atomic E-state index is 5.66. The fraction of sp³-hybridized carbons (Fsp3) is 0.364. The van der Waals surface area contributed by atoms with Crippen LogP contribution in [0.25, 0.3) is 0 Å². The Morgan fingerprint density at radius 3 is 2.88 bits per heavy atom. The van der Waals surface area contributed by atoms with Crippen molar-refractivity contribution >= 4 is 27.3 Å². The summed E-state index contributed by atoms with van der Waals surface area (Å²) in [5, 5.41) is 6.38. The summed E-state index contributed by atoms with van der Waals surface area (Å²) in [6.07, 6.45) is 0. The highest BCUT2D eigenvalue weighted by atomic mass is 79.9. The Morgan fingerprint density at radius 1 is 1.50 bits per heavy atom. The lowest BCUT2D eigenvalue weighted by Crippen LogP contribution is -2.01. The van der Waals surface area contributed by atoms with Gasteiger partial charge in [-0.15, -0.1) is 11.3 Å². The fourth-order valence-corrected chi connectivity index (χ4v) is 2.57. The van der Waals surface area contributed by atoms with E-state index in [9.17, 15) is 0 Å². The second kappa shape index (κ2) is 5.12. The van der Waals surface area contributed by atoms with E-state index < -0.39 is 0 Å². The average molecular weight is 301 g/mol. The molecule has 2 aromatic rings.